The number of benzene rings is 1. The van der Waals surface area contributed by atoms with Crippen LogP contribution in [0.15, 0.2) is 97.1 Å². The smallest absolute Gasteiger partial charge is 0.338 e. The molecule has 4 aliphatic rings. The Hall–Kier alpha value is -5.30. The summed E-state index contributed by atoms with van der Waals surface area (Å²) in [6.45, 7) is 1.71. The van der Waals surface area contributed by atoms with Crippen LogP contribution in [-0.4, -0.2) is 50.8 Å². The van der Waals surface area contributed by atoms with Gasteiger partial charge in [-0.1, -0.05) is 78.4 Å². The maximum Gasteiger partial charge on any atom is 0.338 e. The fourth-order valence-corrected chi connectivity index (χ4v) is 5.16. The molecule has 0 fully saturated rings. The van der Waals surface area contributed by atoms with Gasteiger partial charge in [0.15, 0.2) is 11.6 Å². The van der Waals surface area contributed by atoms with Gasteiger partial charge in [-0.2, -0.15) is 0 Å². The van der Waals surface area contributed by atoms with Crippen LogP contribution < -0.4 is 4.90 Å². The molecule has 0 saturated heterocycles. The number of Topliss-reactive ketones (excluding diaryl/α,β-unsaturated/α-hetero) is 2. The number of fused-ring (bicyclic) bond motifs is 2. The summed E-state index contributed by atoms with van der Waals surface area (Å²) < 4.78 is 9.92. The zero-order chi connectivity index (χ0) is 29.8. The first kappa shape index (κ1) is 28.2. The number of anilines is 1. The van der Waals surface area contributed by atoms with Crippen molar-refractivity contribution in [1.29, 1.82) is 0 Å². The van der Waals surface area contributed by atoms with Crippen LogP contribution in [0.4, 0.5) is 5.69 Å². The minimum absolute atomic E-state index is 0.122. The van der Waals surface area contributed by atoms with E-state index in [-0.39, 0.29) is 24.7 Å². The summed E-state index contributed by atoms with van der Waals surface area (Å²) in [7, 11) is 2.60. The van der Waals surface area contributed by atoms with E-state index in [0.29, 0.717) is 50.2 Å². The lowest BCUT2D eigenvalue weighted by Crippen LogP contribution is -2.34. The monoisotopic (exact) mass is 559 g/mol. The number of nitrogens with zero attached hydrogens (tertiary/aromatic N) is 1. The topological polar surface area (TPSA) is 90.0 Å². The van der Waals surface area contributed by atoms with Gasteiger partial charge >= 0.3 is 11.9 Å². The molecular weight excluding hydrogens is 530 g/mol. The minimum Gasteiger partial charge on any atom is -0.465 e. The number of aryl methyl sites for hydroxylation is 1. The summed E-state index contributed by atoms with van der Waals surface area (Å²) in [5.41, 5.74) is 5.52. The summed E-state index contributed by atoms with van der Waals surface area (Å²) in [5, 5.41) is 0. The molecule has 0 amide bonds. The fourth-order valence-electron chi connectivity index (χ4n) is 5.16. The Morgan fingerprint density at radius 3 is 1.31 bits per heavy atom. The van der Waals surface area contributed by atoms with Gasteiger partial charge in [-0.05, 0) is 53.4 Å². The van der Waals surface area contributed by atoms with Crippen LogP contribution in [0.5, 0.6) is 0 Å². The predicted octanol–water partition coefficient (Wildman–Crippen LogP) is 6.35. The number of hydrogen-bond acceptors (Lipinski definition) is 7. The Balaban J connectivity index is 1.52. The molecule has 1 aromatic rings. The van der Waals surface area contributed by atoms with Crippen LogP contribution in [0.1, 0.15) is 47.0 Å². The molecule has 0 N–H and O–H groups in total. The Kier molecular flexibility index (Phi) is 8.11. The van der Waals surface area contributed by atoms with Gasteiger partial charge in [-0.3, -0.25) is 9.59 Å². The lowest BCUT2D eigenvalue weighted by molar-refractivity contribution is 0.0593. The van der Waals surface area contributed by atoms with E-state index < -0.39 is 11.9 Å². The summed E-state index contributed by atoms with van der Waals surface area (Å²) in [5.74, 6) is -1.59. The summed E-state index contributed by atoms with van der Waals surface area (Å²) in [6.07, 6.45) is 0. The normalized spacial score (nSPS) is 10.8. The number of ether oxygens (including phenoxy) is 2. The molecule has 0 radical (unpaired) electrons. The number of ketones is 2. The Bertz CT molecular complexity index is 1630. The molecule has 7 heteroatoms. The highest BCUT2D eigenvalue weighted by Crippen LogP contribution is 2.35. The predicted molar refractivity (Wildman–Crippen MR) is 161 cm³/mol. The van der Waals surface area contributed by atoms with Gasteiger partial charge in [0.25, 0.3) is 0 Å². The highest BCUT2D eigenvalue weighted by atomic mass is 16.5. The Morgan fingerprint density at radius 1 is 0.548 bits per heavy atom. The third-order valence-corrected chi connectivity index (χ3v) is 7.29. The Morgan fingerprint density at radius 2 is 0.929 bits per heavy atom. The van der Waals surface area contributed by atoms with Gasteiger partial charge in [0.2, 0.25) is 0 Å². The number of hydrogen-bond donors (Lipinski definition) is 0. The van der Waals surface area contributed by atoms with Crippen LogP contribution in [0.25, 0.3) is 22.3 Å². The first-order valence-electron chi connectivity index (χ1n) is 13.4. The maximum atomic E-state index is 13.9. The summed E-state index contributed by atoms with van der Waals surface area (Å²) in [4.78, 5) is 54.5. The van der Waals surface area contributed by atoms with Crippen molar-refractivity contribution in [3.8, 4) is 22.3 Å². The number of carbonyl (C=O) groups excluding carboxylic acids is 4. The zero-order valence-electron chi connectivity index (χ0n) is 23.5. The molecule has 0 heterocycles. The molecule has 0 saturated carbocycles. The minimum atomic E-state index is -0.534. The van der Waals surface area contributed by atoms with E-state index in [2.05, 4.69) is 0 Å². The summed E-state index contributed by atoms with van der Waals surface area (Å²) >= 11 is 0. The average molecular weight is 560 g/mol. The van der Waals surface area contributed by atoms with Gasteiger partial charge in [-0.15, -0.1) is 0 Å². The van der Waals surface area contributed by atoms with Crippen molar-refractivity contribution >= 4 is 29.2 Å². The highest BCUT2D eigenvalue weighted by Gasteiger charge is 2.28. The standard InChI is InChI=1S/C35H29NO6/c1-22-14-16-23(17-15-22)36(20-32(37)28-18-30(34(39)41-2)26-12-8-4-6-10-24(26)28)21-33(38)29-19-31(35(40)42-3)27-13-9-5-7-11-25(27)29/h4-19H,20-21H2,1-3H3. The SMILES string of the molecule is COC(=O)c1cc(C(=O)CN(CC(=O)c2cc(C(=O)OC)c3cccccc2-3)c2ccc(C)cc2)c2cccccc1-2. The molecule has 0 bridgehead atoms. The molecule has 0 unspecified atom stereocenters. The average Bonchev–Trinajstić information content (AvgIpc) is 3.30. The van der Waals surface area contributed by atoms with Gasteiger partial charge in [0, 0.05) is 16.8 Å². The van der Waals surface area contributed by atoms with Crippen molar-refractivity contribution in [2.75, 3.05) is 32.2 Å². The van der Waals surface area contributed by atoms with Crippen molar-refractivity contribution in [2.24, 2.45) is 0 Å². The van der Waals surface area contributed by atoms with Crippen molar-refractivity contribution < 1.29 is 28.7 Å². The van der Waals surface area contributed by atoms with Crippen molar-refractivity contribution in [1.82, 2.24) is 0 Å². The first-order valence-corrected chi connectivity index (χ1v) is 13.4. The molecule has 0 aliphatic heterocycles. The van der Waals surface area contributed by atoms with Gasteiger partial charge < -0.3 is 14.4 Å². The van der Waals surface area contributed by atoms with E-state index in [0.717, 1.165) is 5.56 Å². The van der Waals surface area contributed by atoms with E-state index in [1.807, 2.05) is 43.3 Å². The van der Waals surface area contributed by atoms with Crippen LogP contribution >= 0.6 is 0 Å². The van der Waals surface area contributed by atoms with Gasteiger partial charge in [0.05, 0.1) is 38.4 Å². The van der Waals surface area contributed by atoms with Gasteiger partial charge in [-0.25, -0.2) is 9.59 Å². The molecule has 5 rings (SSSR count). The Labute approximate surface area is 244 Å². The highest BCUT2D eigenvalue weighted by molar-refractivity contribution is 6.14. The largest absolute Gasteiger partial charge is 0.465 e. The second-order valence-electron chi connectivity index (χ2n) is 9.94. The van der Waals surface area contributed by atoms with Crippen molar-refractivity contribution in [3.05, 3.63) is 125 Å². The molecule has 0 atom stereocenters. The van der Waals surface area contributed by atoms with Crippen LogP contribution in [0.2, 0.25) is 0 Å². The lowest BCUT2D eigenvalue weighted by Gasteiger charge is -2.24. The number of rotatable bonds is 9. The lowest BCUT2D eigenvalue weighted by atomic mass is 10.0. The molecule has 42 heavy (non-hydrogen) atoms. The van der Waals surface area contributed by atoms with Crippen LogP contribution in [-0.2, 0) is 9.47 Å². The maximum absolute atomic E-state index is 13.9. The second kappa shape index (κ2) is 12.1. The third kappa shape index (κ3) is 5.49. The van der Waals surface area contributed by atoms with E-state index in [1.165, 1.54) is 14.2 Å². The first-order chi connectivity index (χ1) is 20.3. The second-order valence-corrected chi connectivity index (χ2v) is 9.94. The molecule has 4 aliphatic carbocycles. The van der Waals surface area contributed by atoms with E-state index in [1.54, 1.807) is 65.6 Å². The number of methoxy groups -OCH3 is 2. The molecular formula is C35H29NO6. The van der Waals surface area contributed by atoms with Crippen LogP contribution in [0.3, 0.4) is 0 Å². The third-order valence-electron chi connectivity index (χ3n) is 7.29. The van der Waals surface area contributed by atoms with Crippen molar-refractivity contribution in [3.63, 3.8) is 0 Å². The fraction of sp³-hybridized carbons (Fsp3) is 0.143. The molecule has 0 aromatic heterocycles. The number of carbonyl (C=O) groups is 4. The summed E-state index contributed by atoms with van der Waals surface area (Å²) in [6, 6.07) is 28.7. The van der Waals surface area contributed by atoms with Crippen LogP contribution in [0, 0.1) is 6.92 Å². The van der Waals surface area contributed by atoms with E-state index in [4.69, 9.17) is 9.47 Å². The van der Waals surface area contributed by atoms with E-state index >= 15 is 0 Å². The zero-order valence-corrected chi connectivity index (χ0v) is 23.5. The molecule has 210 valence electrons. The molecule has 7 nitrogen and oxygen atoms in total. The van der Waals surface area contributed by atoms with E-state index in [9.17, 15) is 19.2 Å². The molecule has 1 aromatic carbocycles. The van der Waals surface area contributed by atoms with Gasteiger partial charge in [0.1, 0.15) is 0 Å². The molecule has 0 spiro atoms. The quantitative estimate of drug-likeness (QED) is 0.154. The van der Waals surface area contributed by atoms with Crippen molar-refractivity contribution in [2.45, 2.75) is 6.92 Å². The number of esters is 2.